The molecular formula is C21H32N4O2. The number of unbranched alkanes of at least 4 members (excludes halogenated alkanes) is 2. The van der Waals surface area contributed by atoms with Gasteiger partial charge in [0.25, 0.3) is 5.88 Å². The third-order valence-electron chi connectivity index (χ3n) is 4.58. The number of hydrogen-bond acceptors (Lipinski definition) is 6. The van der Waals surface area contributed by atoms with Gasteiger partial charge in [0.2, 0.25) is 5.88 Å². The summed E-state index contributed by atoms with van der Waals surface area (Å²) in [6.45, 7) is 8.99. The van der Waals surface area contributed by atoms with Crippen LogP contribution < -0.4 is 14.8 Å². The topological polar surface area (TPSA) is 69.2 Å². The van der Waals surface area contributed by atoms with Crippen molar-refractivity contribution in [3.05, 3.63) is 23.0 Å². The monoisotopic (exact) mass is 372 g/mol. The summed E-state index contributed by atoms with van der Waals surface area (Å²) in [4.78, 5) is 14.2. The van der Waals surface area contributed by atoms with Gasteiger partial charge >= 0.3 is 0 Å². The first kappa shape index (κ1) is 20.9. The molecule has 0 aromatic carbocycles. The molecule has 6 heteroatoms. The number of rotatable bonds is 10. The lowest BCUT2D eigenvalue weighted by Gasteiger charge is -2.16. The van der Waals surface area contributed by atoms with Crippen molar-refractivity contribution in [2.75, 3.05) is 26.1 Å². The van der Waals surface area contributed by atoms with E-state index in [-0.39, 0.29) is 0 Å². The molecule has 148 valence electrons. The SMILES string of the molecule is CCCCCOc1nc(CC)c(-c2cc(CC)c(OC)nc2C)nc1NC. The molecule has 2 aromatic heterocycles. The molecule has 0 radical (unpaired) electrons. The fourth-order valence-electron chi connectivity index (χ4n) is 2.99. The molecule has 2 rings (SSSR count). The van der Waals surface area contributed by atoms with Crippen molar-refractivity contribution in [2.24, 2.45) is 0 Å². The molecule has 0 saturated heterocycles. The summed E-state index contributed by atoms with van der Waals surface area (Å²) in [6.07, 6.45) is 4.94. The molecule has 0 aliphatic heterocycles. The van der Waals surface area contributed by atoms with Crippen LogP contribution in [0.15, 0.2) is 6.07 Å². The van der Waals surface area contributed by atoms with Crippen LogP contribution in [0.25, 0.3) is 11.3 Å². The first-order chi connectivity index (χ1) is 13.1. The standard InChI is InChI=1S/C21H32N4O2/c1-7-10-11-12-27-21-19(22-5)25-18(17(9-3)24-21)16-13-15(8-2)20(26-6)23-14(16)4/h13H,7-12H2,1-6H3,(H,22,25). The summed E-state index contributed by atoms with van der Waals surface area (Å²) in [6, 6.07) is 2.12. The van der Waals surface area contributed by atoms with E-state index < -0.39 is 0 Å². The quantitative estimate of drug-likeness (QED) is 0.615. The Morgan fingerprint density at radius 1 is 1.00 bits per heavy atom. The summed E-state index contributed by atoms with van der Waals surface area (Å²) < 4.78 is 11.3. The van der Waals surface area contributed by atoms with E-state index in [0.717, 1.165) is 60.3 Å². The van der Waals surface area contributed by atoms with Gasteiger partial charge < -0.3 is 14.8 Å². The predicted molar refractivity (Wildman–Crippen MR) is 110 cm³/mol. The first-order valence-electron chi connectivity index (χ1n) is 9.85. The molecule has 2 heterocycles. The second-order valence-electron chi connectivity index (χ2n) is 6.48. The highest BCUT2D eigenvalue weighted by atomic mass is 16.5. The smallest absolute Gasteiger partial charge is 0.257 e. The molecule has 2 aromatic rings. The lowest BCUT2D eigenvalue weighted by atomic mass is 10.0. The molecule has 0 atom stereocenters. The van der Waals surface area contributed by atoms with Gasteiger partial charge in [0.1, 0.15) is 0 Å². The summed E-state index contributed by atoms with van der Waals surface area (Å²) in [5.74, 6) is 1.91. The molecule has 0 bridgehead atoms. The summed E-state index contributed by atoms with van der Waals surface area (Å²) in [5, 5.41) is 3.12. The van der Waals surface area contributed by atoms with E-state index in [4.69, 9.17) is 19.4 Å². The Hall–Kier alpha value is -2.37. The molecule has 0 aliphatic rings. The third kappa shape index (κ3) is 4.87. The van der Waals surface area contributed by atoms with Crippen LogP contribution in [0.4, 0.5) is 5.82 Å². The average molecular weight is 373 g/mol. The van der Waals surface area contributed by atoms with E-state index >= 15 is 0 Å². The number of pyridine rings is 1. The van der Waals surface area contributed by atoms with Gasteiger partial charge in [-0.05, 0) is 32.3 Å². The number of aromatic nitrogens is 3. The maximum Gasteiger partial charge on any atom is 0.257 e. The van der Waals surface area contributed by atoms with Crippen LogP contribution in [-0.4, -0.2) is 35.7 Å². The molecule has 0 saturated carbocycles. The van der Waals surface area contributed by atoms with E-state index in [1.807, 2.05) is 14.0 Å². The number of nitrogens with one attached hydrogen (secondary N) is 1. The van der Waals surface area contributed by atoms with Crippen molar-refractivity contribution in [2.45, 2.75) is 59.8 Å². The normalized spacial score (nSPS) is 10.7. The Morgan fingerprint density at radius 3 is 2.37 bits per heavy atom. The minimum atomic E-state index is 0.573. The first-order valence-corrected chi connectivity index (χ1v) is 9.85. The number of nitrogens with zero attached hydrogens (tertiary/aromatic N) is 3. The number of anilines is 1. The number of ether oxygens (including phenoxy) is 2. The van der Waals surface area contributed by atoms with Gasteiger partial charge in [-0.3, -0.25) is 0 Å². The Balaban J connectivity index is 2.48. The highest BCUT2D eigenvalue weighted by Gasteiger charge is 2.18. The van der Waals surface area contributed by atoms with Crippen LogP contribution in [0.2, 0.25) is 0 Å². The predicted octanol–water partition coefficient (Wildman–Crippen LogP) is 4.59. The zero-order chi connectivity index (χ0) is 19.8. The zero-order valence-corrected chi connectivity index (χ0v) is 17.5. The summed E-state index contributed by atoms with van der Waals surface area (Å²) >= 11 is 0. The van der Waals surface area contributed by atoms with Gasteiger partial charge in [0.15, 0.2) is 5.82 Å². The van der Waals surface area contributed by atoms with E-state index in [9.17, 15) is 0 Å². The van der Waals surface area contributed by atoms with Crippen molar-refractivity contribution in [3.8, 4) is 23.0 Å². The van der Waals surface area contributed by atoms with Gasteiger partial charge in [0.05, 0.1) is 30.8 Å². The summed E-state index contributed by atoms with van der Waals surface area (Å²) in [5.41, 5.74) is 4.70. The molecule has 0 spiro atoms. The van der Waals surface area contributed by atoms with Gasteiger partial charge in [-0.1, -0.05) is 33.6 Å². The fourth-order valence-corrected chi connectivity index (χ4v) is 2.99. The van der Waals surface area contributed by atoms with Crippen molar-refractivity contribution in [1.29, 1.82) is 0 Å². The molecule has 1 N–H and O–H groups in total. The molecule has 6 nitrogen and oxygen atoms in total. The van der Waals surface area contributed by atoms with Crippen molar-refractivity contribution in [1.82, 2.24) is 15.0 Å². The molecule has 0 fully saturated rings. The van der Waals surface area contributed by atoms with E-state index in [1.165, 1.54) is 0 Å². The third-order valence-corrected chi connectivity index (χ3v) is 4.58. The Bertz CT molecular complexity index is 762. The molecule has 27 heavy (non-hydrogen) atoms. The van der Waals surface area contributed by atoms with Crippen LogP contribution in [0.5, 0.6) is 11.8 Å². The molecule has 0 unspecified atom stereocenters. The second kappa shape index (κ2) is 10.1. The Kier molecular flexibility index (Phi) is 7.82. The second-order valence-corrected chi connectivity index (χ2v) is 6.48. The van der Waals surface area contributed by atoms with Gasteiger partial charge in [0, 0.05) is 18.2 Å². The van der Waals surface area contributed by atoms with E-state index in [1.54, 1.807) is 7.11 Å². The van der Waals surface area contributed by atoms with E-state index in [2.05, 4.69) is 37.1 Å². The largest absolute Gasteiger partial charge is 0.481 e. The molecule has 0 aliphatic carbocycles. The van der Waals surface area contributed by atoms with Crippen LogP contribution in [0.3, 0.4) is 0 Å². The number of hydrogen-bond donors (Lipinski definition) is 1. The van der Waals surface area contributed by atoms with Gasteiger partial charge in [-0.15, -0.1) is 0 Å². The highest BCUT2D eigenvalue weighted by Crippen LogP contribution is 2.32. The van der Waals surface area contributed by atoms with Crippen LogP contribution in [0.1, 0.15) is 57.0 Å². The average Bonchev–Trinajstić information content (AvgIpc) is 2.70. The number of methoxy groups -OCH3 is 1. The highest BCUT2D eigenvalue weighted by molar-refractivity contribution is 5.68. The molecular weight excluding hydrogens is 340 g/mol. The number of aryl methyl sites for hydroxylation is 3. The van der Waals surface area contributed by atoms with Crippen LogP contribution in [0, 0.1) is 6.92 Å². The van der Waals surface area contributed by atoms with Gasteiger partial charge in [-0.25, -0.2) is 15.0 Å². The van der Waals surface area contributed by atoms with Crippen molar-refractivity contribution >= 4 is 5.82 Å². The maximum absolute atomic E-state index is 5.90. The van der Waals surface area contributed by atoms with Crippen molar-refractivity contribution < 1.29 is 9.47 Å². The zero-order valence-electron chi connectivity index (χ0n) is 17.5. The lowest BCUT2D eigenvalue weighted by Crippen LogP contribution is -2.09. The van der Waals surface area contributed by atoms with Crippen LogP contribution in [-0.2, 0) is 12.8 Å². The fraction of sp³-hybridized carbons (Fsp3) is 0.571. The minimum absolute atomic E-state index is 0.573. The molecule has 0 amide bonds. The van der Waals surface area contributed by atoms with E-state index in [0.29, 0.717) is 24.2 Å². The van der Waals surface area contributed by atoms with Gasteiger partial charge in [-0.2, -0.15) is 0 Å². The Labute approximate surface area is 162 Å². The Morgan fingerprint density at radius 2 is 1.78 bits per heavy atom. The lowest BCUT2D eigenvalue weighted by molar-refractivity contribution is 0.294. The van der Waals surface area contributed by atoms with Crippen molar-refractivity contribution in [3.63, 3.8) is 0 Å². The van der Waals surface area contributed by atoms with Crippen LogP contribution >= 0.6 is 0 Å². The minimum Gasteiger partial charge on any atom is -0.481 e. The summed E-state index contributed by atoms with van der Waals surface area (Å²) in [7, 11) is 3.50. The maximum atomic E-state index is 5.90.